The van der Waals surface area contributed by atoms with Crippen molar-refractivity contribution in [1.82, 2.24) is 0 Å². The van der Waals surface area contributed by atoms with Gasteiger partial charge in [-0.1, -0.05) is 288 Å². The first kappa shape index (κ1) is 47.9. The molecule has 0 nitrogen and oxygen atoms in total. The lowest BCUT2D eigenvalue weighted by atomic mass is 9.90. The number of rotatable bonds is 11. The maximum Gasteiger partial charge on any atom is 0.0210 e. The first-order valence-electron chi connectivity index (χ1n) is 23.9. The van der Waals surface area contributed by atoms with E-state index in [0.29, 0.717) is 0 Å². The van der Waals surface area contributed by atoms with Crippen LogP contribution in [0.25, 0.3) is 57.5 Å². The van der Waals surface area contributed by atoms with Crippen molar-refractivity contribution < 1.29 is 0 Å². The lowest BCUT2D eigenvalue weighted by Crippen LogP contribution is -2.29. The molecular weight excluding hydrogens is 817 g/mol. The minimum atomic E-state index is 0.187. The van der Waals surface area contributed by atoms with Gasteiger partial charge in [0.25, 0.3) is 0 Å². The molecule has 0 N–H and O–H groups in total. The molecule has 5 aromatic carbocycles. The monoisotopic (exact) mass is 878 g/mol. The molecule has 3 aliphatic carbocycles. The molecule has 0 radical (unpaired) electrons. The highest BCUT2D eigenvalue weighted by atomic mass is 14.2. The fourth-order valence-corrected chi connectivity index (χ4v) is 8.47. The zero-order valence-electron chi connectivity index (χ0n) is 39.9. The summed E-state index contributed by atoms with van der Waals surface area (Å²) in [5.41, 5.74) is 8.30. The van der Waals surface area contributed by atoms with E-state index in [1.165, 1.54) is 49.0 Å². The Hall–Kier alpha value is -8.06. The fourth-order valence-electron chi connectivity index (χ4n) is 8.47. The van der Waals surface area contributed by atoms with Crippen LogP contribution in [-0.4, -0.2) is 0 Å². The van der Waals surface area contributed by atoms with Crippen LogP contribution in [0.1, 0.15) is 50.3 Å². The number of benzene rings is 5. The molecule has 0 heteroatoms. The summed E-state index contributed by atoms with van der Waals surface area (Å²) in [6.45, 7) is 12.1. The molecule has 0 bridgehead atoms. The van der Waals surface area contributed by atoms with Crippen LogP contribution in [0.5, 0.6) is 0 Å². The van der Waals surface area contributed by atoms with Gasteiger partial charge >= 0.3 is 0 Å². The van der Waals surface area contributed by atoms with Crippen molar-refractivity contribution in [3.05, 3.63) is 310 Å². The normalized spacial score (nSPS) is 21.3. The predicted octanol–water partition coefficient (Wildman–Crippen LogP) is 15.2. The van der Waals surface area contributed by atoms with Crippen LogP contribution in [0.15, 0.2) is 272 Å². The van der Waals surface area contributed by atoms with Gasteiger partial charge in [0.15, 0.2) is 0 Å². The fraction of sp³-hybridized carbons (Fsp3) is 0.0882. The third-order valence-corrected chi connectivity index (χ3v) is 11.9. The SMILES string of the molecule is C=C/C=c1/cccc/c1=C/C=C/C=C/C=Cc1cccc2c(C3=C/C=C(/C=C\C4C=CC=C4)C(\C)=C/C=C/C=C/C=C\3)c(=CC3=CC(c4ccc5ccccc5c4)C=C3)/c(=C\C=C/C)cc12.CC. The summed E-state index contributed by atoms with van der Waals surface area (Å²) in [6, 6.07) is 32.8. The lowest BCUT2D eigenvalue weighted by Gasteiger charge is -2.14. The van der Waals surface area contributed by atoms with Gasteiger partial charge in [-0.3, -0.25) is 0 Å². The van der Waals surface area contributed by atoms with Gasteiger partial charge < -0.3 is 0 Å². The molecule has 1 unspecified atom stereocenters. The molecule has 0 saturated carbocycles. The Balaban J connectivity index is 0.00000338. The average molecular weight is 879 g/mol. The Morgan fingerprint density at radius 3 is 2.12 bits per heavy atom. The molecule has 0 amide bonds. The molecule has 5 aromatic rings. The standard InChI is InChI=1S/C66H56.C2H6/c1-4-6-28-62-49-64-57(33-15-11-8-10-14-29-55-31-20-19-30-54(55)24-5-2)36-23-37-63(64)66(65(62)47-52-39-41-60(46-52)61-45-43-56-32-21-22-35-59(56)48-61)58-34-16-12-7-9-13-25-50(3)53(42-44-58)40-38-51-26-17-18-27-51;1-2/h4-49,51,60H,2H2,1,3H3;1-2H3/b6-4-,9-7?,11-8+,12-7+,13-9+,14-10+,16-12?,25-13?,33-15?,34-16-,40-38-,44-42?,50-25-,53-42-,53-50?,54-24-,55-29-,58-34?,58-44+,62-28-,65-47?;. The summed E-state index contributed by atoms with van der Waals surface area (Å²) in [5, 5.41) is 9.54. The Morgan fingerprint density at radius 2 is 1.29 bits per heavy atom. The summed E-state index contributed by atoms with van der Waals surface area (Å²) < 4.78 is 0. The van der Waals surface area contributed by atoms with Gasteiger partial charge in [0, 0.05) is 11.8 Å². The largest absolute Gasteiger partial charge is 0.0990 e. The molecule has 68 heavy (non-hydrogen) atoms. The zero-order valence-corrected chi connectivity index (χ0v) is 39.9. The van der Waals surface area contributed by atoms with E-state index in [1.54, 1.807) is 0 Å². The van der Waals surface area contributed by atoms with E-state index >= 15 is 0 Å². The second-order valence-electron chi connectivity index (χ2n) is 16.4. The van der Waals surface area contributed by atoms with Crippen LogP contribution < -0.4 is 20.9 Å². The minimum Gasteiger partial charge on any atom is -0.0990 e. The number of hydrogen-bond donors (Lipinski definition) is 0. The second-order valence-corrected chi connectivity index (χ2v) is 16.4. The Morgan fingerprint density at radius 1 is 0.559 bits per heavy atom. The van der Waals surface area contributed by atoms with Crippen LogP contribution in [0.3, 0.4) is 0 Å². The van der Waals surface area contributed by atoms with Gasteiger partial charge in [-0.15, -0.1) is 0 Å². The van der Waals surface area contributed by atoms with Crippen molar-refractivity contribution in [3.8, 4) is 0 Å². The third kappa shape index (κ3) is 12.6. The third-order valence-electron chi connectivity index (χ3n) is 11.9. The van der Waals surface area contributed by atoms with Gasteiger partial charge in [-0.25, -0.2) is 0 Å². The molecule has 0 heterocycles. The van der Waals surface area contributed by atoms with Gasteiger partial charge in [-0.2, -0.15) is 0 Å². The molecule has 0 fully saturated rings. The zero-order chi connectivity index (χ0) is 47.3. The Bertz CT molecular complexity index is 3360. The number of allylic oxidation sites excluding steroid dienone is 30. The van der Waals surface area contributed by atoms with Crippen LogP contribution >= 0.6 is 0 Å². The molecule has 0 saturated heterocycles. The molecule has 1 atom stereocenters. The molecule has 334 valence electrons. The van der Waals surface area contributed by atoms with Gasteiger partial charge in [-0.05, 0) is 107 Å². The van der Waals surface area contributed by atoms with Crippen molar-refractivity contribution in [3.63, 3.8) is 0 Å². The van der Waals surface area contributed by atoms with Crippen molar-refractivity contribution in [2.45, 2.75) is 33.6 Å². The van der Waals surface area contributed by atoms with E-state index in [4.69, 9.17) is 0 Å². The highest BCUT2D eigenvalue weighted by molar-refractivity contribution is 6.01. The average Bonchev–Trinajstić information content (AvgIpc) is 4.08. The summed E-state index contributed by atoms with van der Waals surface area (Å²) in [7, 11) is 0. The van der Waals surface area contributed by atoms with Gasteiger partial charge in [0.1, 0.15) is 0 Å². The maximum absolute atomic E-state index is 3.87. The molecule has 8 rings (SSSR count). The molecule has 0 spiro atoms. The smallest absolute Gasteiger partial charge is 0.0210 e. The van der Waals surface area contributed by atoms with Crippen LogP contribution in [-0.2, 0) is 0 Å². The topological polar surface area (TPSA) is 0 Å². The Labute approximate surface area is 404 Å². The first-order valence-corrected chi connectivity index (χ1v) is 23.9. The second kappa shape index (κ2) is 25.0. The number of fused-ring (bicyclic) bond motifs is 2. The summed E-state index contributed by atoms with van der Waals surface area (Å²) in [5.74, 6) is 0.475. The summed E-state index contributed by atoms with van der Waals surface area (Å²) in [4.78, 5) is 0. The van der Waals surface area contributed by atoms with Gasteiger partial charge in [0.2, 0.25) is 0 Å². The van der Waals surface area contributed by atoms with Crippen LogP contribution in [0, 0.1) is 5.92 Å². The maximum atomic E-state index is 3.87. The van der Waals surface area contributed by atoms with Crippen molar-refractivity contribution in [1.29, 1.82) is 0 Å². The molecular formula is C68H62. The van der Waals surface area contributed by atoms with Crippen LogP contribution in [0.4, 0.5) is 0 Å². The van der Waals surface area contributed by atoms with Crippen molar-refractivity contribution in [2.75, 3.05) is 0 Å². The van der Waals surface area contributed by atoms with Crippen molar-refractivity contribution >= 4 is 57.5 Å². The molecule has 0 aromatic heterocycles. The summed E-state index contributed by atoms with van der Waals surface area (Å²) >= 11 is 0. The Kier molecular flexibility index (Phi) is 17.6. The van der Waals surface area contributed by atoms with E-state index < -0.39 is 0 Å². The highest BCUT2D eigenvalue weighted by Gasteiger charge is 2.15. The van der Waals surface area contributed by atoms with Gasteiger partial charge in [0.05, 0.1) is 0 Å². The van der Waals surface area contributed by atoms with E-state index in [9.17, 15) is 0 Å². The lowest BCUT2D eigenvalue weighted by molar-refractivity contribution is 1.09. The first-order chi connectivity index (χ1) is 33.6. The van der Waals surface area contributed by atoms with E-state index in [-0.39, 0.29) is 11.8 Å². The van der Waals surface area contributed by atoms with Crippen molar-refractivity contribution in [2.24, 2.45) is 5.92 Å². The van der Waals surface area contributed by atoms with Crippen LogP contribution in [0.2, 0.25) is 0 Å². The molecule has 3 aliphatic rings. The van der Waals surface area contributed by atoms with E-state index in [1.807, 2.05) is 32.1 Å². The quantitative estimate of drug-likeness (QED) is 0.116. The van der Waals surface area contributed by atoms with E-state index in [0.717, 1.165) is 32.4 Å². The summed E-state index contributed by atoms with van der Waals surface area (Å²) in [6.07, 6.45) is 67.4. The van der Waals surface area contributed by atoms with E-state index in [2.05, 4.69) is 282 Å². The molecule has 0 aliphatic heterocycles. The number of hydrogen-bond acceptors (Lipinski definition) is 0. The highest BCUT2D eigenvalue weighted by Crippen LogP contribution is 2.31. The predicted molar refractivity (Wildman–Crippen MR) is 302 cm³/mol. The minimum absolute atomic E-state index is 0.187.